The highest BCUT2D eigenvalue weighted by Crippen LogP contribution is 2.29. The van der Waals surface area contributed by atoms with Gasteiger partial charge in [-0.1, -0.05) is 18.2 Å². The van der Waals surface area contributed by atoms with Crippen molar-refractivity contribution in [2.45, 2.75) is 13.8 Å². The Morgan fingerprint density at radius 1 is 0.929 bits per heavy atom. The SMILES string of the molecule is CC(=O)Oc1cc(NC(=O)c2ccco2)ccc1NC(=O)c1ccccc1C. The first-order valence-corrected chi connectivity index (χ1v) is 8.48. The minimum atomic E-state index is -0.555. The molecule has 0 atom stereocenters. The Labute approximate surface area is 161 Å². The normalized spacial score (nSPS) is 10.2. The lowest BCUT2D eigenvalue weighted by Crippen LogP contribution is -2.16. The molecular formula is C21H18N2O5. The number of furan rings is 1. The third-order valence-corrected chi connectivity index (χ3v) is 3.88. The molecule has 7 heteroatoms. The second-order valence-corrected chi connectivity index (χ2v) is 6.01. The summed E-state index contributed by atoms with van der Waals surface area (Å²) >= 11 is 0. The van der Waals surface area contributed by atoms with E-state index < -0.39 is 11.9 Å². The lowest BCUT2D eigenvalue weighted by molar-refractivity contribution is -0.131. The van der Waals surface area contributed by atoms with E-state index in [1.807, 2.05) is 19.1 Å². The Morgan fingerprint density at radius 2 is 1.71 bits per heavy atom. The number of carbonyl (C=O) groups is 3. The molecule has 2 aromatic carbocycles. The van der Waals surface area contributed by atoms with Crippen molar-refractivity contribution < 1.29 is 23.5 Å². The van der Waals surface area contributed by atoms with Gasteiger partial charge in [0.15, 0.2) is 11.5 Å². The van der Waals surface area contributed by atoms with Crippen LogP contribution in [0.5, 0.6) is 5.75 Å². The van der Waals surface area contributed by atoms with Gasteiger partial charge < -0.3 is 19.8 Å². The molecule has 3 aromatic rings. The molecule has 28 heavy (non-hydrogen) atoms. The van der Waals surface area contributed by atoms with Gasteiger partial charge in [-0.3, -0.25) is 14.4 Å². The number of rotatable bonds is 5. The highest BCUT2D eigenvalue weighted by molar-refractivity contribution is 6.07. The third-order valence-electron chi connectivity index (χ3n) is 3.88. The predicted octanol–water partition coefficient (Wildman–Crippen LogP) is 4.02. The number of anilines is 2. The van der Waals surface area contributed by atoms with Gasteiger partial charge in [-0.15, -0.1) is 0 Å². The molecule has 0 bridgehead atoms. The first-order chi connectivity index (χ1) is 13.4. The fourth-order valence-corrected chi connectivity index (χ4v) is 2.56. The summed E-state index contributed by atoms with van der Waals surface area (Å²) in [7, 11) is 0. The van der Waals surface area contributed by atoms with Crippen LogP contribution in [0.2, 0.25) is 0 Å². The summed E-state index contributed by atoms with van der Waals surface area (Å²) in [6.45, 7) is 3.08. The molecule has 0 aliphatic rings. The molecule has 3 rings (SSSR count). The molecule has 0 aliphatic heterocycles. The van der Waals surface area contributed by atoms with E-state index in [1.165, 1.54) is 25.3 Å². The fraction of sp³-hybridized carbons (Fsp3) is 0.0952. The van der Waals surface area contributed by atoms with Crippen LogP contribution >= 0.6 is 0 Å². The molecule has 2 N–H and O–H groups in total. The molecule has 0 radical (unpaired) electrons. The number of amides is 2. The lowest BCUT2D eigenvalue weighted by atomic mass is 10.1. The maximum Gasteiger partial charge on any atom is 0.308 e. The van der Waals surface area contributed by atoms with Crippen LogP contribution in [-0.4, -0.2) is 17.8 Å². The van der Waals surface area contributed by atoms with Gasteiger partial charge in [0, 0.05) is 24.2 Å². The largest absolute Gasteiger partial charge is 0.459 e. The quantitative estimate of drug-likeness (QED) is 0.516. The van der Waals surface area contributed by atoms with Crippen molar-refractivity contribution in [2.24, 2.45) is 0 Å². The molecular weight excluding hydrogens is 360 g/mol. The molecule has 1 aromatic heterocycles. The monoisotopic (exact) mass is 378 g/mol. The number of aryl methyl sites for hydroxylation is 1. The summed E-state index contributed by atoms with van der Waals surface area (Å²) in [5, 5.41) is 5.38. The van der Waals surface area contributed by atoms with E-state index in [0.29, 0.717) is 16.9 Å². The molecule has 0 spiro atoms. The standard InChI is InChI=1S/C21H18N2O5/c1-13-6-3-4-7-16(13)20(25)23-17-10-9-15(12-19(17)28-14(2)24)22-21(26)18-8-5-11-27-18/h3-12H,1-2H3,(H,22,26)(H,23,25). The maximum atomic E-state index is 12.6. The van der Waals surface area contributed by atoms with Crippen molar-refractivity contribution >= 4 is 29.2 Å². The average molecular weight is 378 g/mol. The van der Waals surface area contributed by atoms with E-state index in [0.717, 1.165) is 5.56 Å². The van der Waals surface area contributed by atoms with Gasteiger partial charge in [-0.2, -0.15) is 0 Å². The second-order valence-electron chi connectivity index (χ2n) is 6.01. The van der Waals surface area contributed by atoms with E-state index in [9.17, 15) is 14.4 Å². The van der Waals surface area contributed by atoms with Crippen molar-refractivity contribution in [1.29, 1.82) is 0 Å². The first-order valence-electron chi connectivity index (χ1n) is 8.48. The van der Waals surface area contributed by atoms with Crippen LogP contribution in [0.15, 0.2) is 65.3 Å². The predicted molar refractivity (Wildman–Crippen MR) is 104 cm³/mol. The lowest BCUT2D eigenvalue weighted by Gasteiger charge is -2.13. The van der Waals surface area contributed by atoms with Gasteiger partial charge in [0.25, 0.3) is 11.8 Å². The first kappa shape index (κ1) is 18.9. The topological polar surface area (TPSA) is 97.6 Å². The highest BCUT2D eigenvalue weighted by atomic mass is 16.5. The molecule has 0 saturated heterocycles. The van der Waals surface area contributed by atoms with Crippen LogP contribution in [0.4, 0.5) is 11.4 Å². The number of benzene rings is 2. The van der Waals surface area contributed by atoms with Gasteiger partial charge in [0.05, 0.1) is 12.0 Å². The Kier molecular flexibility index (Phi) is 5.55. The van der Waals surface area contributed by atoms with Gasteiger partial charge in [-0.05, 0) is 42.8 Å². The summed E-state index contributed by atoms with van der Waals surface area (Å²) < 4.78 is 10.2. The molecule has 1 heterocycles. The molecule has 7 nitrogen and oxygen atoms in total. The van der Waals surface area contributed by atoms with Crippen LogP contribution in [0.25, 0.3) is 0 Å². The fourth-order valence-electron chi connectivity index (χ4n) is 2.56. The summed E-state index contributed by atoms with van der Waals surface area (Å²) in [6, 6.07) is 14.9. The van der Waals surface area contributed by atoms with Crippen molar-refractivity contribution in [1.82, 2.24) is 0 Å². The Morgan fingerprint density at radius 3 is 2.39 bits per heavy atom. The summed E-state index contributed by atoms with van der Waals surface area (Å²) in [5.41, 5.74) is 2.01. The molecule has 2 amide bonds. The zero-order valence-electron chi connectivity index (χ0n) is 15.3. The molecule has 0 unspecified atom stereocenters. The summed E-state index contributed by atoms with van der Waals surface area (Å²) in [4.78, 5) is 36.1. The van der Waals surface area contributed by atoms with Gasteiger partial charge in [0.2, 0.25) is 0 Å². The van der Waals surface area contributed by atoms with Gasteiger partial charge in [0.1, 0.15) is 0 Å². The molecule has 142 valence electrons. The van der Waals surface area contributed by atoms with E-state index in [-0.39, 0.29) is 17.4 Å². The number of hydrogen-bond donors (Lipinski definition) is 2. The Balaban J connectivity index is 1.84. The number of esters is 1. The number of carbonyl (C=O) groups excluding carboxylic acids is 3. The van der Waals surface area contributed by atoms with Crippen LogP contribution in [0.3, 0.4) is 0 Å². The maximum absolute atomic E-state index is 12.6. The van der Waals surface area contributed by atoms with Crippen LogP contribution < -0.4 is 15.4 Å². The third kappa shape index (κ3) is 4.45. The zero-order chi connectivity index (χ0) is 20.1. The van der Waals surface area contributed by atoms with Crippen molar-refractivity contribution in [3.63, 3.8) is 0 Å². The van der Waals surface area contributed by atoms with Crippen LogP contribution in [0, 0.1) is 6.92 Å². The second kappa shape index (κ2) is 8.22. The van der Waals surface area contributed by atoms with Crippen molar-refractivity contribution in [3.05, 3.63) is 77.7 Å². The number of ether oxygens (including phenoxy) is 1. The van der Waals surface area contributed by atoms with Crippen LogP contribution in [0.1, 0.15) is 33.4 Å². The minimum absolute atomic E-state index is 0.117. The highest BCUT2D eigenvalue weighted by Gasteiger charge is 2.15. The van der Waals surface area contributed by atoms with E-state index in [4.69, 9.17) is 9.15 Å². The Bertz CT molecular complexity index is 1030. The van der Waals surface area contributed by atoms with E-state index in [2.05, 4.69) is 10.6 Å². The molecule has 0 saturated carbocycles. The minimum Gasteiger partial charge on any atom is -0.459 e. The number of hydrogen-bond acceptors (Lipinski definition) is 5. The van der Waals surface area contributed by atoms with Crippen molar-refractivity contribution in [3.8, 4) is 5.75 Å². The molecule has 0 fully saturated rings. The van der Waals surface area contributed by atoms with Gasteiger partial charge in [-0.25, -0.2) is 0 Å². The van der Waals surface area contributed by atoms with Crippen molar-refractivity contribution in [2.75, 3.05) is 10.6 Å². The zero-order valence-corrected chi connectivity index (χ0v) is 15.3. The smallest absolute Gasteiger partial charge is 0.308 e. The number of nitrogens with one attached hydrogen (secondary N) is 2. The summed E-state index contributed by atoms with van der Waals surface area (Å²) in [5.74, 6) is -1.08. The van der Waals surface area contributed by atoms with Gasteiger partial charge >= 0.3 is 5.97 Å². The van der Waals surface area contributed by atoms with Crippen LogP contribution in [-0.2, 0) is 4.79 Å². The average Bonchev–Trinajstić information content (AvgIpc) is 3.18. The molecule has 0 aliphatic carbocycles. The van der Waals surface area contributed by atoms with E-state index >= 15 is 0 Å². The summed E-state index contributed by atoms with van der Waals surface area (Å²) in [6.07, 6.45) is 1.39. The Hall–Kier alpha value is -3.87. The van der Waals surface area contributed by atoms with E-state index in [1.54, 1.807) is 30.3 Å².